The van der Waals surface area contributed by atoms with Crippen LogP contribution in [0.15, 0.2) is 18.2 Å². The lowest BCUT2D eigenvalue weighted by atomic mass is 9.93. The van der Waals surface area contributed by atoms with Crippen molar-refractivity contribution >= 4 is 23.2 Å². The summed E-state index contributed by atoms with van der Waals surface area (Å²) in [7, 11) is 0. The monoisotopic (exact) mass is 355 g/mol. The predicted molar refractivity (Wildman–Crippen MR) is 81.9 cm³/mol. The second kappa shape index (κ2) is 7.86. The van der Waals surface area contributed by atoms with Gasteiger partial charge in [-0.1, -0.05) is 29.3 Å². The molecule has 3 atom stereocenters. The molecular formula is C15H18Cl2F3NO. The first-order valence-electron chi connectivity index (χ1n) is 7.03. The van der Waals surface area contributed by atoms with Crippen molar-refractivity contribution < 1.29 is 17.9 Å². The van der Waals surface area contributed by atoms with E-state index >= 15 is 0 Å². The zero-order chi connectivity index (χ0) is 16.2. The molecule has 1 aliphatic heterocycles. The summed E-state index contributed by atoms with van der Waals surface area (Å²) in [6.45, 7) is 0.559. The third kappa shape index (κ3) is 3.37. The Morgan fingerprint density at radius 1 is 1.23 bits per heavy atom. The number of hydrogen-bond donors (Lipinski definition) is 1. The van der Waals surface area contributed by atoms with E-state index in [2.05, 4.69) is 5.32 Å². The van der Waals surface area contributed by atoms with Crippen molar-refractivity contribution in [3.63, 3.8) is 0 Å². The molecule has 1 N–H and O–H groups in total. The maximum atomic E-state index is 12.1. The van der Waals surface area contributed by atoms with Crippen LogP contribution < -0.4 is 5.32 Å². The number of benzene rings is 1. The molecule has 3 rings (SSSR count). The minimum atomic E-state index is -1.75. The van der Waals surface area contributed by atoms with E-state index in [9.17, 15) is 13.2 Å². The third-order valence-electron chi connectivity index (χ3n) is 4.46. The van der Waals surface area contributed by atoms with Crippen molar-refractivity contribution in [2.45, 2.75) is 5.41 Å². The Morgan fingerprint density at radius 2 is 1.95 bits per heavy atom. The molecule has 2 fully saturated rings. The van der Waals surface area contributed by atoms with Crippen molar-refractivity contribution in [2.24, 2.45) is 11.8 Å². The molecule has 0 radical (unpaired) electrons. The highest BCUT2D eigenvalue weighted by Gasteiger charge is 2.67. The van der Waals surface area contributed by atoms with Crippen LogP contribution in [0, 0.1) is 11.8 Å². The van der Waals surface area contributed by atoms with Gasteiger partial charge in [0.2, 0.25) is 6.93 Å². The number of nitrogens with one attached hydrogen (secondary N) is 1. The van der Waals surface area contributed by atoms with E-state index in [-0.39, 0.29) is 12.0 Å². The van der Waals surface area contributed by atoms with Gasteiger partial charge in [0.1, 0.15) is 6.67 Å². The molecule has 1 aromatic carbocycles. The van der Waals surface area contributed by atoms with Crippen LogP contribution in [0.1, 0.15) is 5.56 Å². The van der Waals surface area contributed by atoms with Crippen LogP contribution >= 0.6 is 23.2 Å². The average Bonchev–Trinajstić information content (AvgIpc) is 2.90. The highest BCUT2D eigenvalue weighted by molar-refractivity contribution is 6.42. The summed E-state index contributed by atoms with van der Waals surface area (Å²) in [5.74, 6) is 1.02. The maximum Gasteiger partial charge on any atom is 0.229 e. The molecule has 0 amide bonds. The Balaban J connectivity index is 0.000000545. The van der Waals surface area contributed by atoms with Gasteiger partial charge in [0, 0.05) is 12.0 Å². The van der Waals surface area contributed by atoms with Crippen LogP contribution in [-0.4, -0.2) is 39.9 Å². The molecule has 1 saturated heterocycles. The van der Waals surface area contributed by atoms with Gasteiger partial charge in [-0.2, -0.15) is 0 Å². The number of alkyl halides is 3. The fourth-order valence-electron chi connectivity index (χ4n) is 3.47. The normalized spacial score (nSPS) is 28.8. The summed E-state index contributed by atoms with van der Waals surface area (Å²) in [5, 5.41) is 4.58. The third-order valence-corrected chi connectivity index (χ3v) is 5.20. The fourth-order valence-corrected chi connectivity index (χ4v) is 3.77. The lowest BCUT2D eigenvalue weighted by molar-refractivity contribution is 0.102. The number of halogens is 5. The fraction of sp³-hybridized carbons (Fsp3) is 0.600. The van der Waals surface area contributed by atoms with Crippen LogP contribution in [-0.2, 0) is 10.2 Å². The van der Waals surface area contributed by atoms with Gasteiger partial charge in [0.05, 0.1) is 23.3 Å². The molecule has 124 valence electrons. The first-order chi connectivity index (χ1) is 10.6. The molecule has 2 nitrogen and oxygen atoms in total. The van der Waals surface area contributed by atoms with Crippen molar-refractivity contribution in [2.75, 3.05) is 39.9 Å². The molecule has 0 bridgehead atoms. The Morgan fingerprint density at radius 3 is 2.59 bits per heavy atom. The Bertz CT molecular complexity index is 506. The van der Waals surface area contributed by atoms with Crippen LogP contribution in [0.5, 0.6) is 0 Å². The topological polar surface area (TPSA) is 21.3 Å². The number of rotatable bonds is 5. The summed E-state index contributed by atoms with van der Waals surface area (Å²) in [5.41, 5.74) is 1.32. The van der Waals surface area contributed by atoms with Gasteiger partial charge in [-0.3, -0.25) is 0 Å². The summed E-state index contributed by atoms with van der Waals surface area (Å²) in [6.07, 6.45) is 0. The molecule has 1 heterocycles. The van der Waals surface area contributed by atoms with Gasteiger partial charge in [0.25, 0.3) is 0 Å². The molecule has 2 aliphatic rings. The van der Waals surface area contributed by atoms with Crippen molar-refractivity contribution in [3.05, 3.63) is 33.8 Å². The van der Waals surface area contributed by atoms with Crippen LogP contribution in [0.4, 0.5) is 13.2 Å². The van der Waals surface area contributed by atoms with E-state index < -0.39 is 13.6 Å². The zero-order valence-corrected chi connectivity index (χ0v) is 13.4. The summed E-state index contributed by atoms with van der Waals surface area (Å²) in [6, 6.07) is 5.85. The van der Waals surface area contributed by atoms with E-state index in [1.165, 1.54) is 5.56 Å². The Kier molecular flexibility index (Phi) is 6.38. The minimum absolute atomic E-state index is 0.102. The first kappa shape index (κ1) is 17.9. The van der Waals surface area contributed by atoms with Gasteiger partial charge in [-0.25, -0.2) is 13.2 Å². The average molecular weight is 356 g/mol. The molecule has 0 spiro atoms. The molecule has 1 saturated carbocycles. The largest absolute Gasteiger partial charge is 0.378 e. The lowest BCUT2D eigenvalue weighted by Gasteiger charge is -2.17. The van der Waals surface area contributed by atoms with Crippen LogP contribution in [0.25, 0.3) is 0 Å². The summed E-state index contributed by atoms with van der Waals surface area (Å²) < 4.78 is 36.7. The quantitative estimate of drug-likeness (QED) is 0.807. The zero-order valence-electron chi connectivity index (χ0n) is 11.9. The highest BCUT2D eigenvalue weighted by Crippen LogP contribution is 2.62. The molecule has 1 aliphatic carbocycles. The van der Waals surface area contributed by atoms with Crippen LogP contribution in [0.3, 0.4) is 0 Å². The highest BCUT2D eigenvalue weighted by atomic mass is 35.5. The summed E-state index contributed by atoms with van der Waals surface area (Å²) >= 11 is 12.1. The van der Waals surface area contributed by atoms with Crippen molar-refractivity contribution in [3.8, 4) is 0 Å². The molecule has 7 heteroatoms. The van der Waals surface area contributed by atoms with Crippen molar-refractivity contribution in [1.82, 2.24) is 5.32 Å². The second-order valence-electron chi connectivity index (χ2n) is 5.38. The van der Waals surface area contributed by atoms with E-state index in [0.29, 0.717) is 28.5 Å². The van der Waals surface area contributed by atoms with Crippen molar-refractivity contribution in [1.29, 1.82) is 0 Å². The summed E-state index contributed by atoms with van der Waals surface area (Å²) in [4.78, 5) is 0. The molecule has 0 aromatic heterocycles. The number of ether oxygens (including phenoxy) is 1. The van der Waals surface area contributed by atoms with Gasteiger partial charge in [-0.05, 0) is 36.1 Å². The predicted octanol–water partition coefficient (Wildman–Crippen LogP) is 3.95. The second-order valence-corrected chi connectivity index (χ2v) is 6.19. The Labute approximate surface area is 137 Å². The minimum Gasteiger partial charge on any atom is -0.378 e. The van der Waals surface area contributed by atoms with Gasteiger partial charge in [0.15, 0.2) is 0 Å². The molecular weight excluding hydrogens is 338 g/mol. The van der Waals surface area contributed by atoms with E-state index in [0.717, 1.165) is 13.1 Å². The lowest BCUT2D eigenvalue weighted by Crippen LogP contribution is -2.25. The number of fused-ring (bicyclic) bond motifs is 1. The van der Waals surface area contributed by atoms with Gasteiger partial charge >= 0.3 is 0 Å². The smallest absolute Gasteiger partial charge is 0.229 e. The molecule has 1 unspecified atom stereocenters. The standard InChI is InChI=1S/C14H16Cl2FNO.CH2F2/c15-12-2-1-9(5-13(12)16)14-8-18-6-10(14)11(14)7-19-4-3-17;2-1-3/h1-2,5,10-11,18H,3-4,6-8H2;1H2/t10-,11?,14+;/m0./s1. The number of hydrogen-bond acceptors (Lipinski definition) is 2. The number of piperidine rings is 1. The van der Waals surface area contributed by atoms with Crippen LogP contribution in [0.2, 0.25) is 10.0 Å². The van der Waals surface area contributed by atoms with Gasteiger partial charge in [-0.15, -0.1) is 0 Å². The maximum absolute atomic E-state index is 12.1. The van der Waals surface area contributed by atoms with E-state index in [1.807, 2.05) is 18.2 Å². The first-order valence-corrected chi connectivity index (χ1v) is 7.79. The SMILES string of the molecule is FCCOCC1[C@@H]2CNC[C@]12c1ccc(Cl)c(Cl)c1.FCF. The molecule has 1 aromatic rings. The van der Waals surface area contributed by atoms with Gasteiger partial charge < -0.3 is 10.1 Å². The molecule has 22 heavy (non-hydrogen) atoms. The van der Waals surface area contributed by atoms with E-state index in [4.69, 9.17) is 27.9 Å². The van der Waals surface area contributed by atoms with E-state index in [1.54, 1.807) is 0 Å². The Hall–Kier alpha value is -0.490.